The average Bonchev–Trinajstić information content (AvgIpc) is 3.04. The Labute approximate surface area is 139 Å². The van der Waals surface area contributed by atoms with E-state index in [0.29, 0.717) is 30.3 Å². The smallest absolute Gasteiger partial charge is 0.255 e. The molecular formula is C16H18ClNO3S. The van der Waals surface area contributed by atoms with E-state index in [1.807, 2.05) is 24.5 Å². The number of carbonyl (C=O) groups excluding carboxylic acids is 1. The summed E-state index contributed by atoms with van der Waals surface area (Å²) in [4.78, 5) is 15.5. The minimum atomic E-state index is -0.130. The molecule has 2 aromatic rings. The van der Waals surface area contributed by atoms with Crippen molar-refractivity contribution in [2.24, 2.45) is 0 Å². The molecule has 0 spiro atoms. The number of rotatable bonds is 7. The monoisotopic (exact) mass is 339 g/mol. The van der Waals surface area contributed by atoms with Crippen LogP contribution in [0, 0.1) is 0 Å². The zero-order chi connectivity index (χ0) is 15.9. The van der Waals surface area contributed by atoms with Gasteiger partial charge in [0.05, 0.1) is 30.0 Å². The van der Waals surface area contributed by atoms with E-state index in [4.69, 9.17) is 20.8 Å². The van der Waals surface area contributed by atoms with Crippen molar-refractivity contribution in [3.05, 3.63) is 52.9 Å². The normalized spacial score (nSPS) is 10.7. The number of amides is 1. The third-order valence-corrected chi connectivity index (χ3v) is 4.24. The predicted octanol–water partition coefficient (Wildman–Crippen LogP) is 3.94. The van der Waals surface area contributed by atoms with Gasteiger partial charge in [0.15, 0.2) is 0 Å². The van der Waals surface area contributed by atoms with Crippen LogP contribution >= 0.6 is 23.4 Å². The SMILES string of the molecule is COCCN(Cc1ccco1)C(=O)c1cc(SC)ccc1Cl. The number of benzene rings is 1. The summed E-state index contributed by atoms with van der Waals surface area (Å²) in [6.45, 7) is 1.30. The van der Waals surface area contributed by atoms with Gasteiger partial charge in [0, 0.05) is 18.6 Å². The van der Waals surface area contributed by atoms with Gasteiger partial charge in [-0.15, -0.1) is 11.8 Å². The summed E-state index contributed by atoms with van der Waals surface area (Å²) in [6, 6.07) is 9.11. The van der Waals surface area contributed by atoms with Crippen LogP contribution in [0.15, 0.2) is 45.9 Å². The van der Waals surface area contributed by atoms with Gasteiger partial charge in [-0.25, -0.2) is 0 Å². The quantitative estimate of drug-likeness (QED) is 0.716. The van der Waals surface area contributed by atoms with E-state index in [9.17, 15) is 4.79 Å². The summed E-state index contributed by atoms with van der Waals surface area (Å²) in [6.07, 6.45) is 3.55. The average molecular weight is 340 g/mol. The second-order valence-electron chi connectivity index (χ2n) is 4.64. The van der Waals surface area contributed by atoms with Crippen LogP contribution in [0.5, 0.6) is 0 Å². The second-order valence-corrected chi connectivity index (χ2v) is 5.93. The van der Waals surface area contributed by atoms with Crippen molar-refractivity contribution < 1.29 is 13.9 Å². The fraction of sp³-hybridized carbons (Fsp3) is 0.312. The molecule has 0 aliphatic heterocycles. The van der Waals surface area contributed by atoms with Gasteiger partial charge in [0.25, 0.3) is 5.91 Å². The van der Waals surface area contributed by atoms with E-state index in [2.05, 4.69) is 0 Å². The zero-order valence-electron chi connectivity index (χ0n) is 12.5. The molecule has 0 fully saturated rings. The minimum Gasteiger partial charge on any atom is -0.467 e. The van der Waals surface area contributed by atoms with E-state index >= 15 is 0 Å². The van der Waals surface area contributed by atoms with Crippen molar-refractivity contribution in [2.45, 2.75) is 11.4 Å². The van der Waals surface area contributed by atoms with Crippen molar-refractivity contribution >= 4 is 29.3 Å². The third kappa shape index (κ3) is 4.29. The number of hydrogen-bond acceptors (Lipinski definition) is 4. The van der Waals surface area contributed by atoms with Crippen molar-refractivity contribution in [1.29, 1.82) is 0 Å². The molecule has 1 aromatic carbocycles. The maximum Gasteiger partial charge on any atom is 0.255 e. The highest BCUT2D eigenvalue weighted by Gasteiger charge is 2.20. The summed E-state index contributed by atoms with van der Waals surface area (Å²) in [5, 5.41) is 0.449. The van der Waals surface area contributed by atoms with Gasteiger partial charge in [-0.2, -0.15) is 0 Å². The lowest BCUT2D eigenvalue weighted by Crippen LogP contribution is -2.33. The zero-order valence-corrected chi connectivity index (χ0v) is 14.1. The molecule has 1 aromatic heterocycles. The number of nitrogens with zero attached hydrogens (tertiary/aromatic N) is 1. The molecule has 4 nitrogen and oxygen atoms in total. The molecule has 0 saturated heterocycles. The molecule has 0 saturated carbocycles. The molecule has 0 aliphatic rings. The first-order valence-corrected chi connectivity index (χ1v) is 8.40. The predicted molar refractivity (Wildman–Crippen MR) is 88.6 cm³/mol. The number of furan rings is 1. The summed E-state index contributed by atoms with van der Waals surface area (Å²) in [5.41, 5.74) is 0.496. The van der Waals surface area contributed by atoms with Crippen molar-refractivity contribution in [3.63, 3.8) is 0 Å². The van der Waals surface area contributed by atoms with Gasteiger partial charge in [-0.05, 0) is 36.6 Å². The molecule has 22 heavy (non-hydrogen) atoms. The van der Waals surface area contributed by atoms with Crippen molar-refractivity contribution in [2.75, 3.05) is 26.5 Å². The molecule has 0 bridgehead atoms. The number of carbonyl (C=O) groups is 1. The standard InChI is InChI=1S/C16H18ClNO3S/c1-20-9-7-18(11-12-4-3-8-21-12)16(19)14-10-13(22-2)5-6-15(14)17/h3-6,8,10H,7,9,11H2,1-2H3. The lowest BCUT2D eigenvalue weighted by Gasteiger charge is -2.22. The van der Waals surface area contributed by atoms with Gasteiger partial charge in [0.1, 0.15) is 5.76 Å². The van der Waals surface area contributed by atoms with Crippen LogP contribution in [-0.4, -0.2) is 37.3 Å². The largest absolute Gasteiger partial charge is 0.467 e. The molecular weight excluding hydrogens is 322 g/mol. The Bertz CT molecular complexity index is 616. The lowest BCUT2D eigenvalue weighted by atomic mass is 10.2. The molecule has 118 valence electrons. The Hall–Kier alpha value is -1.43. The van der Waals surface area contributed by atoms with Crippen LogP contribution in [0.4, 0.5) is 0 Å². The second kappa shape index (κ2) is 8.27. The van der Waals surface area contributed by atoms with Crippen LogP contribution in [0.25, 0.3) is 0 Å². The molecule has 1 heterocycles. The summed E-state index contributed by atoms with van der Waals surface area (Å²) in [5.74, 6) is 0.593. The number of halogens is 1. The number of thioether (sulfide) groups is 1. The first-order valence-electron chi connectivity index (χ1n) is 6.80. The van der Waals surface area contributed by atoms with Crippen LogP contribution in [0.3, 0.4) is 0 Å². The number of methoxy groups -OCH3 is 1. The molecule has 0 atom stereocenters. The number of ether oxygens (including phenoxy) is 1. The van der Waals surface area contributed by atoms with E-state index in [1.165, 1.54) is 0 Å². The summed E-state index contributed by atoms with van der Waals surface area (Å²) < 4.78 is 10.4. The van der Waals surface area contributed by atoms with Crippen molar-refractivity contribution in [1.82, 2.24) is 4.90 Å². The van der Waals surface area contributed by atoms with E-state index in [-0.39, 0.29) is 5.91 Å². The molecule has 0 unspecified atom stereocenters. The Balaban J connectivity index is 2.23. The van der Waals surface area contributed by atoms with Crippen LogP contribution < -0.4 is 0 Å². The van der Waals surface area contributed by atoms with Gasteiger partial charge in [-0.1, -0.05) is 11.6 Å². The molecule has 1 amide bonds. The van der Waals surface area contributed by atoms with Gasteiger partial charge in [0.2, 0.25) is 0 Å². The van der Waals surface area contributed by atoms with Crippen LogP contribution in [-0.2, 0) is 11.3 Å². The molecule has 0 N–H and O–H groups in total. The Morgan fingerprint density at radius 2 is 2.23 bits per heavy atom. The Morgan fingerprint density at radius 1 is 1.41 bits per heavy atom. The highest BCUT2D eigenvalue weighted by Crippen LogP contribution is 2.24. The lowest BCUT2D eigenvalue weighted by molar-refractivity contribution is 0.0666. The van der Waals surface area contributed by atoms with E-state index < -0.39 is 0 Å². The fourth-order valence-corrected chi connectivity index (χ4v) is 2.65. The summed E-state index contributed by atoms with van der Waals surface area (Å²) in [7, 11) is 1.61. The molecule has 0 aliphatic carbocycles. The van der Waals surface area contributed by atoms with Crippen LogP contribution in [0.1, 0.15) is 16.1 Å². The van der Waals surface area contributed by atoms with Crippen molar-refractivity contribution in [3.8, 4) is 0 Å². The van der Waals surface area contributed by atoms with Gasteiger partial charge < -0.3 is 14.1 Å². The molecule has 2 rings (SSSR count). The first kappa shape index (κ1) is 16.9. The summed E-state index contributed by atoms with van der Waals surface area (Å²) >= 11 is 7.77. The maximum atomic E-state index is 12.8. The Kier molecular flexibility index (Phi) is 6.36. The van der Waals surface area contributed by atoms with Gasteiger partial charge in [-0.3, -0.25) is 4.79 Å². The first-order chi connectivity index (χ1) is 10.7. The molecule has 6 heteroatoms. The third-order valence-electron chi connectivity index (χ3n) is 3.18. The number of hydrogen-bond donors (Lipinski definition) is 0. The van der Waals surface area contributed by atoms with E-state index in [0.717, 1.165) is 10.7 Å². The highest BCUT2D eigenvalue weighted by molar-refractivity contribution is 7.98. The van der Waals surface area contributed by atoms with Gasteiger partial charge >= 0.3 is 0 Å². The highest BCUT2D eigenvalue weighted by atomic mass is 35.5. The maximum absolute atomic E-state index is 12.8. The fourth-order valence-electron chi connectivity index (χ4n) is 2.01. The topological polar surface area (TPSA) is 42.7 Å². The van der Waals surface area contributed by atoms with E-state index in [1.54, 1.807) is 42.2 Å². The molecule has 0 radical (unpaired) electrons. The minimum absolute atomic E-state index is 0.130. The Morgan fingerprint density at radius 3 is 2.86 bits per heavy atom. The van der Waals surface area contributed by atoms with Crippen LogP contribution in [0.2, 0.25) is 5.02 Å².